The molecule has 118 valence electrons. The minimum absolute atomic E-state index is 0.0474. The standard InChI is InChI=1S/C12H8ClF3N2O3S/c13-11-6-5-8(7-17-11)18-22(19,20)10-4-2-1-3-9(10)21-12(14,15)16/h1-7,18H. The second-order valence-electron chi connectivity index (χ2n) is 3.97. The molecule has 2 aromatic rings. The molecule has 5 nitrogen and oxygen atoms in total. The Morgan fingerprint density at radius 3 is 2.41 bits per heavy atom. The van der Waals surface area contributed by atoms with E-state index >= 15 is 0 Å². The number of alkyl halides is 3. The van der Waals surface area contributed by atoms with E-state index in [9.17, 15) is 21.6 Å². The number of nitrogens with zero attached hydrogens (tertiary/aromatic N) is 1. The molecule has 1 heterocycles. The first-order valence-electron chi connectivity index (χ1n) is 5.66. The number of hydrogen-bond acceptors (Lipinski definition) is 4. The van der Waals surface area contributed by atoms with E-state index in [4.69, 9.17) is 11.6 Å². The predicted octanol–water partition coefficient (Wildman–Crippen LogP) is 3.43. The van der Waals surface area contributed by atoms with E-state index in [0.29, 0.717) is 0 Å². The predicted molar refractivity (Wildman–Crippen MR) is 73.2 cm³/mol. The summed E-state index contributed by atoms with van der Waals surface area (Å²) in [5, 5.41) is 0.142. The first kappa shape index (κ1) is 16.4. The smallest absolute Gasteiger partial charge is 0.404 e. The maximum atomic E-state index is 12.3. The maximum absolute atomic E-state index is 12.3. The van der Waals surface area contributed by atoms with E-state index in [-0.39, 0.29) is 10.8 Å². The molecule has 0 unspecified atom stereocenters. The van der Waals surface area contributed by atoms with Gasteiger partial charge in [-0.05, 0) is 24.3 Å². The zero-order chi connectivity index (χ0) is 16.4. The Balaban J connectivity index is 2.35. The molecule has 0 fully saturated rings. The summed E-state index contributed by atoms with van der Waals surface area (Å²) in [5.41, 5.74) is 0.0474. The van der Waals surface area contributed by atoms with E-state index in [0.717, 1.165) is 18.3 Å². The normalized spacial score (nSPS) is 12.0. The largest absolute Gasteiger partial charge is 0.573 e. The SMILES string of the molecule is O=S(=O)(Nc1ccc(Cl)nc1)c1ccccc1OC(F)(F)F. The van der Waals surface area contributed by atoms with Crippen LogP contribution in [0.2, 0.25) is 5.15 Å². The molecular weight excluding hydrogens is 345 g/mol. The second-order valence-corrected chi connectivity index (χ2v) is 6.01. The van der Waals surface area contributed by atoms with Crippen molar-refractivity contribution in [1.29, 1.82) is 0 Å². The van der Waals surface area contributed by atoms with Gasteiger partial charge in [0.2, 0.25) is 0 Å². The molecule has 2 rings (SSSR count). The molecule has 22 heavy (non-hydrogen) atoms. The molecule has 0 aliphatic heterocycles. The zero-order valence-electron chi connectivity index (χ0n) is 10.6. The summed E-state index contributed by atoms with van der Waals surface area (Å²) in [7, 11) is -4.29. The molecular formula is C12H8ClF3N2O3S. The van der Waals surface area contributed by atoms with E-state index in [1.54, 1.807) is 0 Å². The highest BCUT2D eigenvalue weighted by Gasteiger charge is 2.34. The van der Waals surface area contributed by atoms with Gasteiger partial charge in [-0.2, -0.15) is 0 Å². The molecule has 0 spiro atoms. The van der Waals surface area contributed by atoms with E-state index < -0.39 is 27.0 Å². The van der Waals surface area contributed by atoms with E-state index in [2.05, 4.69) is 14.4 Å². The number of hydrogen-bond donors (Lipinski definition) is 1. The minimum atomic E-state index is -5.01. The van der Waals surface area contributed by atoms with Crippen molar-refractivity contribution in [1.82, 2.24) is 4.98 Å². The van der Waals surface area contributed by atoms with Gasteiger partial charge in [-0.3, -0.25) is 4.72 Å². The van der Waals surface area contributed by atoms with Crippen LogP contribution in [0, 0.1) is 0 Å². The highest BCUT2D eigenvalue weighted by atomic mass is 35.5. The third kappa shape index (κ3) is 4.25. The Morgan fingerprint density at radius 2 is 1.82 bits per heavy atom. The fourth-order valence-corrected chi connectivity index (χ4v) is 2.81. The third-order valence-electron chi connectivity index (χ3n) is 2.34. The zero-order valence-corrected chi connectivity index (χ0v) is 12.2. The van der Waals surface area contributed by atoms with Crippen LogP contribution >= 0.6 is 11.6 Å². The molecule has 0 aliphatic carbocycles. The number of ether oxygens (including phenoxy) is 1. The molecule has 0 bridgehead atoms. The van der Waals surface area contributed by atoms with Crippen molar-refractivity contribution < 1.29 is 26.3 Å². The van der Waals surface area contributed by atoms with Crippen molar-refractivity contribution in [3.8, 4) is 5.75 Å². The molecule has 10 heteroatoms. The van der Waals surface area contributed by atoms with Gasteiger partial charge in [0.15, 0.2) is 0 Å². The topological polar surface area (TPSA) is 68.3 Å². The van der Waals surface area contributed by atoms with Crippen LogP contribution in [0.15, 0.2) is 47.5 Å². The number of nitrogens with one attached hydrogen (secondary N) is 1. The van der Waals surface area contributed by atoms with Crippen LogP contribution in [0.4, 0.5) is 18.9 Å². The van der Waals surface area contributed by atoms with Crippen LogP contribution in [0.5, 0.6) is 5.75 Å². The summed E-state index contributed by atoms with van der Waals surface area (Å²) in [4.78, 5) is 3.02. The molecule has 0 saturated carbocycles. The molecule has 0 atom stereocenters. The Morgan fingerprint density at radius 1 is 1.14 bits per heavy atom. The van der Waals surface area contributed by atoms with Crippen LogP contribution in [0.25, 0.3) is 0 Å². The highest BCUT2D eigenvalue weighted by molar-refractivity contribution is 7.92. The maximum Gasteiger partial charge on any atom is 0.573 e. The number of benzene rings is 1. The number of sulfonamides is 1. The van der Waals surface area contributed by atoms with Gasteiger partial charge in [0.05, 0.1) is 11.9 Å². The van der Waals surface area contributed by atoms with Gasteiger partial charge in [0.1, 0.15) is 15.8 Å². The van der Waals surface area contributed by atoms with Crippen molar-refractivity contribution in [3.05, 3.63) is 47.7 Å². The highest BCUT2D eigenvalue weighted by Crippen LogP contribution is 2.30. The van der Waals surface area contributed by atoms with Crippen molar-refractivity contribution in [2.24, 2.45) is 0 Å². The number of anilines is 1. The lowest BCUT2D eigenvalue weighted by atomic mass is 10.3. The van der Waals surface area contributed by atoms with Gasteiger partial charge in [0, 0.05) is 0 Å². The van der Waals surface area contributed by atoms with E-state index in [1.807, 2.05) is 0 Å². The Hall–Kier alpha value is -2.00. The number of aromatic nitrogens is 1. The average Bonchev–Trinajstić information content (AvgIpc) is 2.40. The Labute approximate surface area is 128 Å². The van der Waals surface area contributed by atoms with Crippen molar-refractivity contribution in [2.45, 2.75) is 11.3 Å². The van der Waals surface area contributed by atoms with Gasteiger partial charge in [-0.25, -0.2) is 13.4 Å². The van der Waals surface area contributed by atoms with Crippen LogP contribution in [-0.2, 0) is 10.0 Å². The first-order chi connectivity index (χ1) is 10.2. The minimum Gasteiger partial charge on any atom is -0.404 e. The molecule has 0 amide bonds. The quantitative estimate of drug-likeness (QED) is 0.856. The lowest BCUT2D eigenvalue weighted by molar-refractivity contribution is -0.275. The number of para-hydroxylation sites is 1. The lowest BCUT2D eigenvalue weighted by Gasteiger charge is -2.14. The van der Waals surface area contributed by atoms with Crippen molar-refractivity contribution in [2.75, 3.05) is 4.72 Å². The molecule has 1 aromatic carbocycles. The molecule has 1 N–H and O–H groups in total. The summed E-state index contributed by atoms with van der Waals surface area (Å²) in [6.45, 7) is 0. The third-order valence-corrected chi connectivity index (χ3v) is 3.99. The summed E-state index contributed by atoms with van der Waals surface area (Å²) >= 11 is 5.56. The monoisotopic (exact) mass is 352 g/mol. The van der Waals surface area contributed by atoms with E-state index in [1.165, 1.54) is 24.3 Å². The van der Waals surface area contributed by atoms with Crippen molar-refractivity contribution in [3.63, 3.8) is 0 Å². The number of pyridine rings is 1. The molecule has 1 aromatic heterocycles. The summed E-state index contributed by atoms with van der Waals surface area (Å²) in [6.07, 6.45) is -3.87. The van der Waals surface area contributed by atoms with Crippen LogP contribution < -0.4 is 9.46 Å². The van der Waals surface area contributed by atoms with Crippen LogP contribution in [0.3, 0.4) is 0 Å². The van der Waals surface area contributed by atoms with Crippen molar-refractivity contribution >= 4 is 27.3 Å². The lowest BCUT2D eigenvalue weighted by Crippen LogP contribution is -2.20. The molecule has 0 saturated heterocycles. The average molecular weight is 353 g/mol. The summed E-state index contributed by atoms with van der Waals surface area (Å²) < 4.78 is 67.1. The first-order valence-corrected chi connectivity index (χ1v) is 7.53. The fraction of sp³-hybridized carbons (Fsp3) is 0.0833. The Bertz CT molecular complexity index is 764. The van der Waals surface area contributed by atoms with Gasteiger partial charge in [-0.1, -0.05) is 23.7 Å². The second kappa shape index (κ2) is 6.01. The molecule has 0 radical (unpaired) electrons. The summed E-state index contributed by atoms with van der Waals surface area (Å²) in [5.74, 6) is -0.829. The molecule has 0 aliphatic rings. The van der Waals surface area contributed by atoms with Crippen LogP contribution in [-0.4, -0.2) is 19.8 Å². The number of rotatable bonds is 4. The van der Waals surface area contributed by atoms with Gasteiger partial charge >= 0.3 is 6.36 Å². The van der Waals surface area contributed by atoms with Gasteiger partial charge in [-0.15, -0.1) is 13.2 Å². The Kier molecular flexibility index (Phi) is 4.47. The van der Waals surface area contributed by atoms with Gasteiger partial charge in [0.25, 0.3) is 10.0 Å². The summed E-state index contributed by atoms with van der Waals surface area (Å²) in [6, 6.07) is 7.05. The van der Waals surface area contributed by atoms with Crippen LogP contribution in [0.1, 0.15) is 0 Å². The fourth-order valence-electron chi connectivity index (χ4n) is 1.53. The number of halogens is 4. The van der Waals surface area contributed by atoms with Gasteiger partial charge < -0.3 is 4.74 Å².